The molecule has 158 valence electrons. The van der Waals surface area contributed by atoms with Crippen LogP contribution in [0.1, 0.15) is 5.56 Å². The van der Waals surface area contributed by atoms with Crippen molar-refractivity contribution < 1.29 is 22.3 Å². The molecule has 10 heteroatoms. The van der Waals surface area contributed by atoms with Crippen molar-refractivity contribution >= 4 is 50.0 Å². The Balaban J connectivity index is 1.66. The SMILES string of the molecule is COc1ccccc1CC(=O)N=C1S[C@@H]2CS(=O)(=O)C[C@H]2N1c1ccc(Cl)c(F)c1. The fourth-order valence-electron chi connectivity index (χ4n) is 3.66. The number of carbonyl (C=O) groups excluding carboxylic acids is 1. The van der Waals surface area contributed by atoms with Crippen LogP contribution in [0.3, 0.4) is 0 Å². The van der Waals surface area contributed by atoms with E-state index < -0.39 is 27.6 Å². The van der Waals surface area contributed by atoms with Gasteiger partial charge in [-0.3, -0.25) is 4.79 Å². The molecule has 2 atom stereocenters. The third-order valence-electron chi connectivity index (χ3n) is 5.00. The van der Waals surface area contributed by atoms with Gasteiger partial charge in [0.2, 0.25) is 0 Å². The number of thioether (sulfide) groups is 1. The van der Waals surface area contributed by atoms with Crippen LogP contribution in [0.15, 0.2) is 47.5 Å². The highest BCUT2D eigenvalue weighted by molar-refractivity contribution is 8.16. The number of anilines is 1. The van der Waals surface area contributed by atoms with Gasteiger partial charge in [-0.15, -0.1) is 0 Å². The van der Waals surface area contributed by atoms with E-state index in [1.54, 1.807) is 29.2 Å². The number of hydrogen-bond donors (Lipinski definition) is 0. The van der Waals surface area contributed by atoms with Crippen LogP contribution in [-0.2, 0) is 21.1 Å². The van der Waals surface area contributed by atoms with E-state index in [2.05, 4.69) is 4.99 Å². The molecule has 0 bridgehead atoms. The molecule has 2 fully saturated rings. The zero-order valence-electron chi connectivity index (χ0n) is 15.9. The Morgan fingerprint density at radius 1 is 1.30 bits per heavy atom. The van der Waals surface area contributed by atoms with Gasteiger partial charge in [-0.1, -0.05) is 41.6 Å². The van der Waals surface area contributed by atoms with Gasteiger partial charge in [0.05, 0.1) is 36.1 Å². The van der Waals surface area contributed by atoms with Gasteiger partial charge in [0.1, 0.15) is 11.6 Å². The number of nitrogens with zero attached hydrogens (tertiary/aromatic N) is 2. The Bertz CT molecular complexity index is 1140. The van der Waals surface area contributed by atoms with Crippen LogP contribution in [0.4, 0.5) is 10.1 Å². The second-order valence-electron chi connectivity index (χ2n) is 7.05. The largest absolute Gasteiger partial charge is 0.496 e. The van der Waals surface area contributed by atoms with E-state index in [9.17, 15) is 17.6 Å². The topological polar surface area (TPSA) is 76.0 Å². The van der Waals surface area contributed by atoms with Crippen molar-refractivity contribution in [2.24, 2.45) is 4.99 Å². The van der Waals surface area contributed by atoms with Crippen molar-refractivity contribution in [1.82, 2.24) is 0 Å². The summed E-state index contributed by atoms with van der Waals surface area (Å²) in [6.07, 6.45) is 0.0323. The zero-order chi connectivity index (χ0) is 21.5. The van der Waals surface area contributed by atoms with E-state index in [4.69, 9.17) is 16.3 Å². The molecule has 0 N–H and O–H groups in total. The number of carbonyl (C=O) groups is 1. The van der Waals surface area contributed by atoms with E-state index in [0.717, 1.165) is 0 Å². The minimum atomic E-state index is -3.21. The van der Waals surface area contributed by atoms with Crippen LogP contribution in [0.5, 0.6) is 5.75 Å². The van der Waals surface area contributed by atoms with Gasteiger partial charge < -0.3 is 9.64 Å². The van der Waals surface area contributed by atoms with E-state index in [1.165, 1.54) is 31.0 Å². The van der Waals surface area contributed by atoms with Crippen LogP contribution < -0.4 is 9.64 Å². The lowest BCUT2D eigenvalue weighted by molar-refractivity contribution is -0.117. The summed E-state index contributed by atoms with van der Waals surface area (Å²) < 4.78 is 43.6. The number of amides is 1. The van der Waals surface area contributed by atoms with Crippen LogP contribution in [0, 0.1) is 5.82 Å². The highest BCUT2D eigenvalue weighted by Crippen LogP contribution is 2.41. The van der Waals surface area contributed by atoms with Crippen molar-refractivity contribution in [3.63, 3.8) is 0 Å². The van der Waals surface area contributed by atoms with Crippen LogP contribution in [0.25, 0.3) is 0 Å². The first kappa shape index (κ1) is 21.1. The average molecular weight is 469 g/mol. The van der Waals surface area contributed by atoms with Gasteiger partial charge in [-0.25, -0.2) is 12.8 Å². The molecule has 2 heterocycles. The summed E-state index contributed by atoms with van der Waals surface area (Å²) in [5.74, 6) is -0.513. The van der Waals surface area contributed by atoms with Crippen molar-refractivity contribution in [3.05, 3.63) is 58.9 Å². The maximum atomic E-state index is 14.1. The van der Waals surface area contributed by atoms with Gasteiger partial charge in [0.25, 0.3) is 5.91 Å². The highest BCUT2D eigenvalue weighted by Gasteiger charge is 2.49. The summed E-state index contributed by atoms with van der Waals surface area (Å²) in [6, 6.07) is 11.0. The van der Waals surface area contributed by atoms with Crippen molar-refractivity contribution in [2.75, 3.05) is 23.5 Å². The minimum Gasteiger partial charge on any atom is -0.496 e. The van der Waals surface area contributed by atoms with Crippen molar-refractivity contribution in [3.8, 4) is 5.75 Å². The number of fused-ring (bicyclic) bond motifs is 1. The molecule has 2 saturated heterocycles. The predicted molar refractivity (Wildman–Crippen MR) is 117 cm³/mol. The Morgan fingerprint density at radius 3 is 2.80 bits per heavy atom. The smallest absolute Gasteiger partial charge is 0.252 e. The van der Waals surface area contributed by atoms with Gasteiger partial charge >= 0.3 is 0 Å². The fraction of sp³-hybridized carbons (Fsp3) is 0.300. The number of aliphatic imine (C=N–C) groups is 1. The molecule has 0 aliphatic carbocycles. The van der Waals surface area contributed by atoms with Gasteiger partial charge in [0.15, 0.2) is 15.0 Å². The summed E-state index contributed by atoms with van der Waals surface area (Å²) in [5, 5.41) is 0.0556. The standard InChI is InChI=1S/C20H18ClFN2O4S2/c1-28-17-5-3-2-4-12(17)8-19(25)23-20-24(13-6-7-14(21)15(22)9-13)16-10-30(26,27)11-18(16)29-20/h2-7,9,16,18H,8,10-11H2,1H3/t16-,18-/m1/s1. The van der Waals surface area contributed by atoms with Crippen LogP contribution in [-0.4, -0.2) is 49.4 Å². The molecular formula is C20H18ClFN2O4S2. The summed E-state index contributed by atoms with van der Waals surface area (Å²) >= 11 is 7.03. The lowest BCUT2D eigenvalue weighted by Gasteiger charge is -2.24. The number of halogens is 2. The molecule has 2 aliphatic heterocycles. The molecule has 2 aliphatic rings. The third kappa shape index (κ3) is 4.19. The van der Waals surface area contributed by atoms with E-state index >= 15 is 0 Å². The second kappa shape index (κ2) is 8.20. The minimum absolute atomic E-state index is 0.00533. The monoisotopic (exact) mass is 468 g/mol. The Labute approximate surface area is 183 Å². The quantitative estimate of drug-likeness (QED) is 0.685. The summed E-state index contributed by atoms with van der Waals surface area (Å²) in [7, 11) is -1.68. The molecule has 0 spiro atoms. The number of para-hydroxylation sites is 1. The molecule has 2 aromatic rings. The number of amidine groups is 1. The first-order valence-electron chi connectivity index (χ1n) is 9.12. The molecule has 6 nitrogen and oxygen atoms in total. The average Bonchev–Trinajstić information content (AvgIpc) is 3.15. The fourth-order valence-corrected chi connectivity index (χ4v) is 7.71. The first-order valence-corrected chi connectivity index (χ1v) is 12.2. The summed E-state index contributed by atoms with van der Waals surface area (Å²) in [6.45, 7) is 0. The molecule has 0 radical (unpaired) electrons. The van der Waals surface area contributed by atoms with E-state index in [1.807, 2.05) is 6.07 Å². The number of rotatable bonds is 4. The first-order chi connectivity index (χ1) is 14.3. The molecule has 0 aromatic heterocycles. The summed E-state index contributed by atoms with van der Waals surface area (Å²) in [4.78, 5) is 18.6. The molecule has 4 rings (SSSR count). The van der Waals surface area contributed by atoms with Crippen LogP contribution in [0.2, 0.25) is 5.02 Å². The highest BCUT2D eigenvalue weighted by atomic mass is 35.5. The van der Waals surface area contributed by atoms with E-state index in [0.29, 0.717) is 22.2 Å². The number of methoxy groups -OCH3 is 1. The molecule has 2 aromatic carbocycles. The lowest BCUT2D eigenvalue weighted by atomic mass is 10.1. The number of hydrogen-bond acceptors (Lipinski definition) is 5. The van der Waals surface area contributed by atoms with Gasteiger partial charge in [-0.2, -0.15) is 4.99 Å². The Kier molecular flexibility index (Phi) is 5.78. The third-order valence-corrected chi connectivity index (χ3v) is 8.52. The molecule has 0 unspecified atom stereocenters. The lowest BCUT2D eigenvalue weighted by Crippen LogP contribution is -2.37. The van der Waals surface area contributed by atoms with E-state index in [-0.39, 0.29) is 28.2 Å². The maximum absolute atomic E-state index is 14.1. The molecule has 30 heavy (non-hydrogen) atoms. The molecule has 1 amide bonds. The zero-order valence-corrected chi connectivity index (χ0v) is 18.3. The van der Waals surface area contributed by atoms with Gasteiger partial charge in [0, 0.05) is 16.5 Å². The Hall–Kier alpha value is -2.10. The number of ether oxygens (including phenoxy) is 1. The predicted octanol–water partition coefficient (Wildman–Crippen LogP) is 3.33. The Morgan fingerprint density at radius 2 is 2.07 bits per heavy atom. The summed E-state index contributed by atoms with van der Waals surface area (Å²) in [5.41, 5.74) is 1.11. The number of benzene rings is 2. The maximum Gasteiger partial charge on any atom is 0.252 e. The molecular weight excluding hydrogens is 451 g/mol. The van der Waals surface area contributed by atoms with Gasteiger partial charge in [-0.05, 0) is 24.3 Å². The van der Waals surface area contributed by atoms with Crippen molar-refractivity contribution in [1.29, 1.82) is 0 Å². The van der Waals surface area contributed by atoms with Crippen LogP contribution >= 0.6 is 23.4 Å². The second-order valence-corrected chi connectivity index (χ2v) is 10.8. The van der Waals surface area contributed by atoms with Crippen molar-refractivity contribution in [2.45, 2.75) is 17.7 Å². The molecule has 0 saturated carbocycles. The normalized spacial score (nSPS) is 23.6. The number of sulfone groups is 1.